The number of methoxy groups -OCH3 is 6. The highest BCUT2D eigenvalue weighted by Gasteiger charge is 2.26. The minimum atomic E-state index is -0.433. The van der Waals surface area contributed by atoms with Crippen LogP contribution in [0.15, 0.2) is 66.7 Å². The molecule has 0 spiro atoms. The molecule has 11 heteroatoms. The SMILES string of the molecule is COc1ccc2c(c1)C(=O)NC(c1ccc(OCCCOc3cc(C=Cc4cc(OC)c(OC)c(OC)c4)ccc3OC)c(OC)c1)N2. The second-order valence-electron chi connectivity index (χ2n) is 10.6. The van der Waals surface area contributed by atoms with Crippen LogP contribution < -0.4 is 48.5 Å². The molecule has 1 aliphatic heterocycles. The molecule has 2 N–H and O–H groups in total. The van der Waals surface area contributed by atoms with Crippen LogP contribution in [0.3, 0.4) is 0 Å². The van der Waals surface area contributed by atoms with Gasteiger partial charge in [-0.2, -0.15) is 0 Å². The second kappa shape index (κ2) is 15.7. The van der Waals surface area contributed by atoms with E-state index in [0.717, 1.165) is 22.4 Å². The van der Waals surface area contributed by atoms with Crippen molar-refractivity contribution in [3.63, 3.8) is 0 Å². The first-order valence-electron chi connectivity index (χ1n) is 15.3. The predicted molar refractivity (Wildman–Crippen MR) is 183 cm³/mol. The summed E-state index contributed by atoms with van der Waals surface area (Å²) >= 11 is 0. The van der Waals surface area contributed by atoms with Gasteiger partial charge in [0.25, 0.3) is 5.91 Å². The van der Waals surface area contributed by atoms with E-state index in [9.17, 15) is 4.79 Å². The molecule has 1 heterocycles. The Hall–Kier alpha value is -5.71. The molecule has 4 aromatic carbocycles. The molecule has 1 amide bonds. The molecule has 0 radical (unpaired) electrons. The zero-order valence-corrected chi connectivity index (χ0v) is 27.9. The maximum atomic E-state index is 12.8. The largest absolute Gasteiger partial charge is 0.497 e. The van der Waals surface area contributed by atoms with Crippen LogP contribution in [0.25, 0.3) is 12.2 Å². The van der Waals surface area contributed by atoms with E-state index in [-0.39, 0.29) is 5.91 Å². The number of carbonyl (C=O) groups is 1. The molecule has 11 nitrogen and oxygen atoms in total. The molecule has 0 fully saturated rings. The van der Waals surface area contributed by atoms with Gasteiger partial charge in [0.2, 0.25) is 5.75 Å². The minimum absolute atomic E-state index is 0.191. The zero-order chi connectivity index (χ0) is 34.0. The lowest BCUT2D eigenvalue weighted by Gasteiger charge is -2.28. The lowest BCUT2D eigenvalue weighted by atomic mass is 10.0. The Morgan fingerprint density at radius 2 is 1.23 bits per heavy atom. The van der Waals surface area contributed by atoms with Crippen molar-refractivity contribution >= 4 is 23.7 Å². The number of benzene rings is 4. The third-order valence-corrected chi connectivity index (χ3v) is 7.71. The maximum Gasteiger partial charge on any atom is 0.255 e. The molecule has 0 bridgehead atoms. The van der Waals surface area contributed by atoms with Crippen LogP contribution in [0.5, 0.6) is 46.0 Å². The van der Waals surface area contributed by atoms with Crippen molar-refractivity contribution in [2.75, 3.05) is 61.2 Å². The number of amides is 1. The molecule has 0 aliphatic carbocycles. The summed E-state index contributed by atoms with van der Waals surface area (Å²) in [7, 11) is 9.51. The molecule has 5 rings (SSSR count). The molecule has 0 saturated carbocycles. The fourth-order valence-corrected chi connectivity index (χ4v) is 5.24. The van der Waals surface area contributed by atoms with Crippen LogP contribution in [0, 0.1) is 0 Å². The first-order chi connectivity index (χ1) is 23.4. The maximum absolute atomic E-state index is 12.8. The molecular weight excluding hydrogens is 616 g/mol. The summed E-state index contributed by atoms with van der Waals surface area (Å²) in [6, 6.07) is 20.4. The molecule has 0 saturated heterocycles. The van der Waals surface area contributed by atoms with Gasteiger partial charge in [0.1, 0.15) is 11.9 Å². The predicted octanol–water partition coefficient (Wildman–Crippen LogP) is 6.61. The van der Waals surface area contributed by atoms with Crippen molar-refractivity contribution in [3.8, 4) is 46.0 Å². The van der Waals surface area contributed by atoms with Gasteiger partial charge in [0.15, 0.2) is 34.5 Å². The van der Waals surface area contributed by atoms with Crippen molar-refractivity contribution in [1.29, 1.82) is 0 Å². The fourth-order valence-electron chi connectivity index (χ4n) is 5.24. The zero-order valence-electron chi connectivity index (χ0n) is 27.9. The van der Waals surface area contributed by atoms with Gasteiger partial charge < -0.3 is 48.5 Å². The normalized spacial score (nSPS) is 13.5. The van der Waals surface area contributed by atoms with Gasteiger partial charge >= 0.3 is 0 Å². The van der Waals surface area contributed by atoms with Gasteiger partial charge in [0.05, 0.1) is 61.4 Å². The second-order valence-corrected chi connectivity index (χ2v) is 10.6. The Kier molecular flexibility index (Phi) is 11.0. The average molecular weight is 657 g/mol. The molecular formula is C37H40N2O9. The highest BCUT2D eigenvalue weighted by atomic mass is 16.5. The highest BCUT2D eigenvalue weighted by molar-refractivity contribution is 6.02. The Bertz CT molecular complexity index is 1750. The van der Waals surface area contributed by atoms with Gasteiger partial charge in [-0.3, -0.25) is 4.79 Å². The van der Waals surface area contributed by atoms with Gasteiger partial charge in [0, 0.05) is 12.1 Å². The number of nitrogens with one attached hydrogen (secondary N) is 2. The van der Waals surface area contributed by atoms with Gasteiger partial charge in [-0.05, 0) is 71.3 Å². The molecule has 0 aromatic heterocycles. The van der Waals surface area contributed by atoms with Crippen molar-refractivity contribution < 1.29 is 42.7 Å². The summed E-state index contributed by atoms with van der Waals surface area (Å²) in [4.78, 5) is 12.8. The van der Waals surface area contributed by atoms with E-state index < -0.39 is 6.17 Å². The summed E-state index contributed by atoms with van der Waals surface area (Å²) in [5.41, 5.74) is 3.88. The first-order valence-corrected chi connectivity index (χ1v) is 15.3. The van der Waals surface area contributed by atoms with E-state index in [1.807, 2.05) is 72.8 Å². The quantitative estimate of drug-likeness (QED) is 0.107. The summed E-state index contributed by atoms with van der Waals surface area (Å²) in [6.07, 6.45) is 4.10. The van der Waals surface area contributed by atoms with Crippen LogP contribution in [-0.4, -0.2) is 61.8 Å². The number of hydrogen-bond acceptors (Lipinski definition) is 10. The summed E-state index contributed by atoms with van der Waals surface area (Å²) in [5, 5.41) is 6.34. The lowest BCUT2D eigenvalue weighted by Crippen LogP contribution is -2.38. The van der Waals surface area contributed by atoms with Crippen LogP contribution in [-0.2, 0) is 0 Å². The standard InChI is InChI=1S/C37H40N2O9/c1-41-26-12-13-28-27(22-26)37(40)39-36(38-28)25-11-15-30(31(21-25)43-3)47-16-7-17-48-32-18-23(10-14-29(32)42-2)8-9-24-19-33(44-4)35(46-6)34(20-24)45-5/h8-15,18-22,36,38H,7,16-17H2,1-6H3,(H,39,40). The van der Waals surface area contributed by atoms with E-state index >= 15 is 0 Å². The van der Waals surface area contributed by atoms with E-state index in [4.69, 9.17) is 37.9 Å². The number of hydrogen-bond donors (Lipinski definition) is 2. The molecule has 1 unspecified atom stereocenters. The topological polar surface area (TPSA) is 115 Å². The Morgan fingerprint density at radius 3 is 1.90 bits per heavy atom. The van der Waals surface area contributed by atoms with E-state index in [2.05, 4.69) is 10.6 Å². The van der Waals surface area contributed by atoms with E-state index in [1.54, 1.807) is 48.7 Å². The lowest BCUT2D eigenvalue weighted by molar-refractivity contribution is 0.0935. The average Bonchev–Trinajstić information content (AvgIpc) is 3.13. The summed E-state index contributed by atoms with van der Waals surface area (Å²) < 4.78 is 44.8. The van der Waals surface area contributed by atoms with Crippen molar-refractivity contribution in [3.05, 3.63) is 89.0 Å². The summed E-state index contributed by atoms with van der Waals surface area (Å²) in [6.45, 7) is 0.797. The van der Waals surface area contributed by atoms with Gasteiger partial charge in [-0.15, -0.1) is 0 Å². The Morgan fingerprint density at radius 1 is 0.583 bits per heavy atom. The van der Waals surface area contributed by atoms with E-state index in [1.165, 1.54) is 0 Å². The van der Waals surface area contributed by atoms with Crippen molar-refractivity contribution in [2.24, 2.45) is 0 Å². The molecule has 1 aliphatic rings. The van der Waals surface area contributed by atoms with Crippen molar-refractivity contribution in [2.45, 2.75) is 12.6 Å². The molecule has 48 heavy (non-hydrogen) atoms. The highest BCUT2D eigenvalue weighted by Crippen LogP contribution is 2.39. The Labute approximate surface area is 280 Å². The number of carbonyl (C=O) groups excluding carboxylic acids is 1. The number of anilines is 1. The van der Waals surface area contributed by atoms with Crippen LogP contribution in [0.4, 0.5) is 5.69 Å². The Balaban J connectivity index is 1.18. The van der Waals surface area contributed by atoms with Crippen LogP contribution in [0.2, 0.25) is 0 Å². The first kappa shape index (κ1) is 33.6. The van der Waals surface area contributed by atoms with E-state index in [0.29, 0.717) is 71.2 Å². The smallest absolute Gasteiger partial charge is 0.255 e. The number of rotatable bonds is 15. The fraction of sp³-hybridized carbons (Fsp3) is 0.270. The monoisotopic (exact) mass is 656 g/mol. The minimum Gasteiger partial charge on any atom is -0.497 e. The molecule has 1 atom stereocenters. The van der Waals surface area contributed by atoms with Gasteiger partial charge in [-0.25, -0.2) is 0 Å². The number of ether oxygens (including phenoxy) is 8. The molecule has 252 valence electrons. The van der Waals surface area contributed by atoms with Gasteiger partial charge in [-0.1, -0.05) is 24.3 Å². The van der Waals surface area contributed by atoms with Crippen molar-refractivity contribution in [1.82, 2.24) is 5.32 Å². The van der Waals surface area contributed by atoms with Crippen LogP contribution in [0.1, 0.15) is 39.6 Å². The van der Waals surface area contributed by atoms with Crippen LogP contribution >= 0.6 is 0 Å². The molecule has 4 aromatic rings. The third kappa shape index (κ3) is 7.63. The summed E-state index contributed by atoms with van der Waals surface area (Å²) in [5.74, 6) is 4.51. The third-order valence-electron chi connectivity index (χ3n) is 7.71. The number of fused-ring (bicyclic) bond motifs is 1.